The van der Waals surface area contributed by atoms with Crippen LogP contribution in [0.5, 0.6) is 0 Å². The Kier molecular flexibility index (Phi) is 4.04. The zero-order valence-electron chi connectivity index (χ0n) is 13.3. The molecule has 0 spiro atoms. The first kappa shape index (κ1) is 15.7. The number of hydrazine groups is 1. The predicted octanol–water partition coefficient (Wildman–Crippen LogP) is 2.70. The summed E-state index contributed by atoms with van der Waals surface area (Å²) in [6.45, 7) is 1.61. The number of fused-ring (bicyclic) bond motifs is 1. The Morgan fingerprint density at radius 2 is 1.75 bits per heavy atom. The lowest BCUT2D eigenvalue weighted by Crippen LogP contribution is -2.41. The van der Waals surface area contributed by atoms with Crippen molar-refractivity contribution in [3.63, 3.8) is 0 Å². The lowest BCUT2D eigenvalue weighted by molar-refractivity contribution is 0.0847. The molecular weight excluding hydrogens is 309 g/mol. The van der Waals surface area contributed by atoms with Gasteiger partial charge < -0.3 is 4.57 Å². The molecule has 24 heavy (non-hydrogen) atoms. The maximum atomic E-state index is 13.5. The number of nitrogens with zero attached hydrogens (tertiary/aromatic N) is 1. The van der Waals surface area contributed by atoms with Crippen LogP contribution in [-0.4, -0.2) is 16.4 Å². The monoisotopic (exact) mass is 325 g/mol. The third kappa shape index (κ3) is 2.86. The average Bonchev–Trinajstić information content (AvgIpc) is 2.92. The molecule has 6 heteroatoms. The van der Waals surface area contributed by atoms with E-state index in [2.05, 4.69) is 10.9 Å². The van der Waals surface area contributed by atoms with Crippen molar-refractivity contribution in [1.29, 1.82) is 0 Å². The molecule has 0 atom stereocenters. The molecule has 3 rings (SSSR count). The summed E-state index contributed by atoms with van der Waals surface area (Å²) in [4.78, 5) is 24.3. The Hall–Kier alpha value is -3.15. The molecule has 3 aromatic rings. The summed E-state index contributed by atoms with van der Waals surface area (Å²) in [6.07, 6.45) is 1.69. The fourth-order valence-electron chi connectivity index (χ4n) is 2.51. The van der Waals surface area contributed by atoms with Gasteiger partial charge in [0.25, 0.3) is 11.8 Å². The number of hydrogen-bond acceptors (Lipinski definition) is 2. The third-order valence-corrected chi connectivity index (χ3v) is 3.87. The smallest absolute Gasteiger partial charge is 0.271 e. The number of amides is 2. The summed E-state index contributed by atoms with van der Waals surface area (Å²) >= 11 is 0. The molecule has 2 aromatic carbocycles. The first-order valence-electron chi connectivity index (χ1n) is 7.38. The van der Waals surface area contributed by atoms with Crippen LogP contribution in [0.15, 0.2) is 48.7 Å². The number of rotatable bonds is 2. The van der Waals surface area contributed by atoms with E-state index in [9.17, 15) is 14.0 Å². The molecule has 2 amide bonds. The Balaban J connectivity index is 1.75. The highest BCUT2D eigenvalue weighted by atomic mass is 19.1. The molecule has 0 saturated heterocycles. The first-order valence-corrected chi connectivity index (χ1v) is 7.38. The number of hydrogen-bond donors (Lipinski definition) is 2. The van der Waals surface area contributed by atoms with Crippen molar-refractivity contribution in [2.75, 3.05) is 0 Å². The Bertz CT molecular complexity index is 947. The summed E-state index contributed by atoms with van der Waals surface area (Å²) in [7, 11) is 1.84. The molecule has 1 heterocycles. The Morgan fingerprint density at radius 1 is 1.04 bits per heavy atom. The Labute approximate surface area is 138 Å². The number of halogens is 1. The highest BCUT2D eigenvalue weighted by Crippen LogP contribution is 2.19. The average molecular weight is 325 g/mol. The van der Waals surface area contributed by atoms with E-state index in [1.807, 2.05) is 35.9 Å². The van der Waals surface area contributed by atoms with Gasteiger partial charge >= 0.3 is 0 Å². The van der Waals surface area contributed by atoms with Crippen LogP contribution in [0.3, 0.4) is 0 Å². The van der Waals surface area contributed by atoms with E-state index in [4.69, 9.17) is 0 Å². The van der Waals surface area contributed by atoms with Gasteiger partial charge in [0.15, 0.2) is 0 Å². The molecule has 0 unspecified atom stereocenters. The fraction of sp³-hybridized carbons (Fsp3) is 0.111. The minimum Gasteiger partial charge on any atom is -0.350 e. The lowest BCUT2D eigenvalue weighted by Gasteiger charge is -2.07. The molecule has 1 aromatic heterocycles. The molecule has 0 aliphatic heterocycles. The summed E-state index contributed by atoms with van der Waals surface area (Å²) in [5.74, 6) is -1.49. The van der Waals surface area contributed by atoms with Crippen molar-refractivity contribution in [3.8, 4) is 0 Å². The first-order chi connectivity index (χ1) is 11.5. The van der Waals surface area contributed by atoms with Gasteiger partial charge in [-0.15, -0.1) is 0 Å². The zero-order valence-corrected chi connectivity index (χ0v) is 13.3. The topological polar surface area (TPSA) is 63.1 Å². The van der Waals surface area contributed by atoms with Gasteiger partial charge in [-0.2, -0.15) is 0 Å². The zero-order chi connectivity index (χ0) is 17.3. The number of para-hydroxylation sites is 1. The molecular formula is C18H16FN3O2. The molecule has 2 N–H and O–H groups in total. The van der Waals surface area contributed by atoms with Crippen LogP contribution in [0.25, 0.3) is 10.9 Å². The van der Waals surface area contributed by atoms with Crippen LogP contribution in [0.2, 0.25) is 0 Å². The van der Waals surface area contributed by atoms with Gasteiger partial charge in [0.2, 0.25) is 0 Å². The SMILES string of the molecule is Cc1ccc(C(=O)NNC(=O)c2cn(C)c3ccccc23)cc1F. The van der Waals surface area contributed by atoms with Crippen molar-refractivity contribution in [3.05, 3.63) is 71.2 Å². The minimum absolute atomic E-state index is 0.135. The largest absolute Gasteiger partial charge is 0.350 e. The van der Waals surface area contributed by atoms with Gasteiger partial charge in [-0.3, -0.25) is 20.4 Å². The third-order valence-electron chi connectivity index (χ3n) is 3.87. The van der Waals surface area contributed by atoms with E-state index < -0.39 is 17.6 Å². The van der Waals surface area contributed by atoms with Crippen LogP contribution in [0.1, 0.15) is 26.3 Å². The summed E-state index contributed by atoms with van der Waals surface area (Å²) in [5, 5.41) is 0.785. The van der Waals surface area contributed by atoms with E-state index >= 15 is 0 Å². The van der Waals surface area contributed by atoms with Gasteiger partial charge in [0.1, 0.15) is 5.82 Å². The van der Waals surface area contributed by atoms with Crippen molar-refractivity contribution in [1.82, 2.24) is 15.4 Å². The minimum atomic E-state index is -0.581. The van der Waals surface area contributed by atoms with Crippen molar-refractivity contribution >= 4 is 22.7 Å². The second kappa shape index (κ2) is 6.16. The molecule has 0 bridgehead atoms. The van der Waals surface area contributed by atoms with Gasteiger partial charge in [-0.1, -0.05) is 24.3 Å². The van der Waals surface area contributed by atoms with Crippen molar-refractivity contribution in [2.45, 2.75) is 6.92 Å². The maximum Gasteiger partial charge on any atom is 0.271 e. The van der Waals surface area contributed by atoms with Crippen LogP contribution in [-0.2, 0) is 7.05 Å². The number of nitrogens with one attached hydrogen (secondary N) is 2. The van der Waals surface area contributed by atoms with E-state index in [0.29, 0.717) is 11.1 Å². The van der Waals surface area contributed by atoms with Gasteiger partial charge in [0, 0.05) is 29.7 Å². The van der Waals surface area contributed by atoms with Crippen LogP contribution in [0, 0.1) is 12.7 Å². The standard InChI is InChI=1S/C18H16FN3O2/c1-11-7-8-12(9-15(11)19)17(23)20-21-18(24)14-10-22(2)16-6-4-3-5-13(14)16/h3-10H,1-2H3,(H,20,23)(H,21,24). The van der Waals surface area contributed by atoms with Gasteiger partial charge in [0.05, 0.1) is 5.56 Å². The van der Waals surface area contributed by atoms with Crippen LogP contribution < -0.4 is 10.9 Å². The lowest BCUT2D eigenvalue weighted by atomic mass is 10.1. The summed E-state index contributed by atoms with van der Waals surface area (Å²) in [5.41, 5.74) is 6.61. The van der Waals surface area contributed by atoms with E-state index in [-0.39, 0.29) is 5.56 Å². The van der Waals surface area contributed by atoms with E-state index in [1.54, 1.807) is 13.1 Å². The van der Waals surface area contributed by atoms with Crippen LogP contribution in [0.4, 0.5) is 4.39 Å². The molecule has 0 saturated carbocycles. The summed E-state index contributed by atoms with van der Waals surface area (Å²) in [6, 6.07) is 11.6. The second-order valence-corrected chi connectivity index (χ2v) is 5.54. The van der Waals surface area contributed by atoms with Crippen LogP contribution >= 0.6 is 0 Å². The fourth-order valence-corrected chi connectivity index (χ4v) is 2.51. The predicted molar refractivity (Wildman–Crippen MR) is 89.0 cm³/mol. The molecule has 5 nitrogen and oxygen atoms in total. The molecule has 0 aliphatic rings. The van der Waals surface area contributed by atoms with E-state index in [0.717, 1.165) is 17.0 Å². The molecule has 0 aliphatic carbocycles. The number of carbonyl (C=O) groups is 2. The summed E-state index contributed by atoms with van der Waals surface area (Å²) < 4.78 is 15.3. The van der Waals surface area contributed by atoms with Crippen molar-refractivity contribution < 1.29 is 14.0 Å². The van der Waals surface area contributed by atoms with Gasteiger partial charge in [-0.05, 0) is 30.7 Å². The maximum absolute atomic E-state index is 13.5. The van der Waals surface area contributed by atoms with Gasteiger partial charge in [-0.25, -0.2) is 4.39 Å². The van der Waals surface area contributed by atoms with Crippen molar-refractivity contribution in [2.24, 2.45) is 7.05 Å². The molecule has 0 radical (unpaired) electrons. The van der Waals surface area contributed by atoms with E-state index in [1.165, 1.54) is 12.1 Å². The second-order valence-electron chi connectivity index (χ2n) is 5.54. The highest BCUT2D eigenvalue weighted by molar-refractivity contribution is 6.07. The number of aromatic nitrogens is 1. The number of carbonyl (C=O) groups excluding carboxylic acids is 2. The highest BCUT2D eigenvalue weighted by Gasteiger charge is 2.15. The Morgan fingerprint density at radius 3 is 2.50 bits per heavy atom. The normalized spacial score (nSPS) is 10.6. The molecule has 0 fully saturated rings. The number of aryl methyl sites for hydroxylation is 2. The molecule has 122 valence electrons. The number of benzene rings is 2. The quantitative estimate of drug-likeness (QED) is 0.712.